The van der Waals surface area contributed by atoms with Crippen molar-refractivity contribution >= 4 is 22.2 Å². The molecule has 1 amide bonds. The first kappa shape index (κ1) is 20.5. The molecule has 0 radical (unpaired) electrons. The van der Waals surface area contributed by atoms with Gasteiger partial charge in [0.2, 0.25) is 5.88 Å². The van der Waals surface area contributed by atoms with Crippen molar-refractivity contribution in [3.63, 3.8) is 0 Å². The lowest BCUT2D eigenvalue weighted by Gasteiger charge is -2.34. The minimum Gasteiger partial charge on any atom is -0.475 e. The zero-order valence-electron chi connectivity index (χ0n) is 16.7. The molecule has 0 atom stereocenters. The maximum absolute atomic E-state index is 13.0. The molecule has 0 bridgehead atoms. The van der Waals surface area contributed by atoms with E-state index < -0.39 is 0 Å². The molecule has 0 aliphatic carbocycles. The first-order valence-corrected chi connectivity index (χ1v) is 10.6. The number of methoxy groups -OCH3 is 1. The van der Waals surface area contributed by atoms with Crippen LogP contribution in [-0.4, -0.2) is 76.6 Å². The second-order valence-electron chi connectivity index (χ2n) is 6.91. The average molecular weight is 430 g/mol. The number of carbonyl (C=O) groups is 1. The van der Waals surface area contributed by atoms with Crippen LogP contribution >= 0.6 is 11.3 Å². The first-order chi connectivity index (χ1) is 14.7. The van der Waals surface area contributed by atoms with Gasteiger partial charge in [0.1, 0.15) is 12.2 Å². The molecule has 1 aliphatic rings. The van der Waals surface area contributed by atoms with Crippen LogP contribution in [-0.2, 0) is 11.3 Å². The number of rotatable bonds is 7. The Labute approximate surface area is 177 Å². The van der Waals surface area contributed by atoms with Gasteiger partial charge in [-0.05, 0) is 12.1 Å². The number of nitrogens with zero attached hydrogens (tertiary/aromatic N) is 5. The molecule has 1 saturated heterocycles. The van der Waals surface area contributed by atoms with E-state index in [2.05, 4.69) is 14.9 Å². The minimum absolute atomic E-state index is 0.0670. The molecule has 0 spiro atoms. The number of ether oxygens (including phenoxy) is 2. The smallest absolute Gasteiger partial charge is 0.259 e. The number of piperazine rings is 1. The third-order valence-corrected chi connectivity index (χ3v) is 5.69. The van der Waals surface area contributed by atoms with Crippen LogP contribution in [0.3, 0.4) is 0 Å². The summed E-state index contributed by atoms with van der Waals surface area (Å²) in [5.41, 5.74) is 1.14. The van der Waals surface area contributed by atoms with Gasteiger partial charge in [0.05, 0.1) is 12.3 Å². The Hall–Kier alpha value is -2.82. The topological polar surface area (TPSA) is 89.3 Å². The molecule has 30 heavy (non-hydrogen) atoms. The lowest BCUT2D eigenvalue weighted by molar-refractivity contribution is 0.0619. The van der Waals surface area contributed by atoms with E-state index in [0.717, 1.165) is 5.69 Å². The highest BCUT2D eigenvalue weighted by atomic mass is 32.1. The molecule has 3 aromatic rings. The molecule has 158 valence electrons. The number of aromatic nitrogens is 3. The molecular weight excluding hydrogens is 406 g/mol. The highest BCUT2D eigenvalue weighted by Gasteiger charge is 2.25. The number of fused-ring (bicyclic) bond motifs is 1. The van der Waals surface area contributed by atoms with Gasteiger partial charge in [-0.15, -0.1) is 11.3 Å². The van der Waals surface area contributed by atoms with Gasteiger partial charge in [-0.2, -0.15) is 0 Å². The van der Waals surface area contributed by atoms with Crippen molar-refractivity contribution in [2.24, 2.45) is 0 Å². The number of thiazole rings is 1. The largest absolute Gasteiger partial charge is 0.475 e. The van der Waals surface area contributed by atoms with E-state index in [1.807, 2.05) is 10.3 Å². The number of amides is 1. The first-order valence-electron chi connectivity index (χ1n) is 9.70. The molecule has 0 unspecified atom stereocenters. The van der Waals surface area contributed by atoms with Gasteiger partial charge in [0, 0.05) is 63.7 Å². The summed E-state index contributed by atoms with van der Waals surface area (Å²) in [6, 6.07) is 5.05. The van der Waals surface area contributed by atoms with Crippen LogP contribution in [0.1, 0.15) is 16.1 Å². The summed E-state index contributed by atoms with van der Waals surface area (Å²) >= 11 is 1.44. The van der Waals surface area contributed by atoms with Gasteiger partial charge in [-0.1, -0.05) is 0 Å². The summed E-state index contributed by atoms with van der Waals surface area (Å²) in [7, 11) is 1.60. The van der Waals surface area contributed by atoms with E-state index in [-0.39, 0.29) is 11.5 Å². The number of pyridine rings is 1. The van der Waals surface area contributed by atoms with Gasteiger partial charge in [0.25, 0.3) is 11.5 Å². The molecule has 10 heteroatoms. The normalized spacial score (nSPS) is 14.9. The molecule has 3 aromatic heterocycles. The maximum atomic E-state index is 13.0. The van der Waals surface area contributed by atoms with E-state index in [9.17, 15) is 9.59 Å². The fraction of sp³-hybridized carbons (Fsp3) is 0.400. The average Bonchev–Trinajstić information content (AvgIpc) is 3.24. The molecular formula is C20H23N5O4S. The van der Waals surface area contributed by atoms with Gasteiger partial charge in [0.15, 0.2) is 4.96 Å². The zero-order chi connectivity index (χ0) is 20.9. The van der Waals surface area contributed by atoms with Gasteiger partial charge in [-0.25, -0.2) is 9.97 Å². The molecule has 1 aliphatic heterocycles. The van der Waals surface area contributed by atoms with Crippen LogP contribution in [0.4, 0.5) is 0 Å². The van der Waals surface area contributed by atoms with Crippen molar-refractivity contribution in [3.05, 3.63) is 57.6 Å². The lowest BCUT2D eigenvalue weighted by atomic mass is 10.2. The van der Waals surface area contributed by atoms with Crippen LogP contribution < -0.4 is 10.3 Å². The zero-order valence-corrected chi connectivity index (χ0v) is 17.5. The Morgan fingerprint density at radius 3 is 2.87 bits per heavy atom. The quantitative estimate of drug-likeness (QED) is 0.520. The Morgan fingerprint density at radius 2 is 2.07 bits per heavy atom. The van der Waals surface area contributed by atoms with Crippen molar-refractivity contribution in [2.75, 3.05) is 46.5 Å². The molecule has 0 N–H and O–H groups in total. The Morgan fingerprint density at radius 1 is 1.23 bits per heavy atom. The Bertz CT molecular complexity index is 1070. The van der Waals surface area contributed by atoms with E-state index in [4.69, 9.17) is 9.47 Å². The number of hydrogen-bond donors (Lipinski definition) is 0. The summed E-state index contributed by atoms with van der Waals surface area (Å²) in [6.07, 6.45) is 3.34. The number of hydrogen-bond acceptors (Lipinski definition) is 8. The minimum atomic E-state index is -0.0912. The van der Waals surface area contributed by atoms with Crippen molar-refractivity contribution in [3.8, 4) is 5.88 Å². The van der Waals surface area contributed by atoms with Gasteiger partial charge in [-0.3, -0.25) is 18.9 Å². The van der Waals surface area contributed by atoms with E-state index in [1.165, 1.54) is 11.3 Å². The predicted octanol–water partition coefficient (Wildman–Crippen LogP) is 1.13. The molecule has 0 aromatic carbocycles. The third-order valence-electron chi connectivity index (χ3n) is 4.93. The van der Waals surface area contributed by atoms with Gasteiger partial charge >= 0.3 is 0 Å². The van der Waals surface area contributed by atoms with Crippen molar-refractivity contribution in [1.82, 2.24) is 24.2 Å². The van der Waals surface area contributed by atoms with Crippen molar-refractivity contribution < 1.29 is 14.3 Å². The van der Waals surface area contributed by atoms with Crippen molar-refractivity contribution in [1.29, 1.82) is 0 Å². The SMILES string of the molecule is COCCOc1ncccc1C(=O)N1CCN(Cc2cc(=O)n3ccsc3n2)CC1. The summed E-state index contributed by atoms with van der Waals surface area (Å²) in [6.45, 7) is 3.94. The second kappa shape index (κ2) is 9.33. The summed E-state index contributed by atoms with van der Waals surface area (Å²) < 4.78 is 12.1. The van der Waals surface area contributed by atoms with Crippen molar-refractivity contribution in [2.45, 2.75) is 6.54 Å². The fourth-order valence-electron chi connectivity index (χ4n) is 3.37. The summed E-state index contributed by atoms with van der Waals surface area (Å²) in [5.74, 6) is 0.238. The third kappa shape index (κ3) is 4.50. The lowest BCUT2D eigenvalue weighted by Crippen LogP contribution is -2.48. The van der Waals surface area contributed by atoms with Crippen LogP contribution in [0, 0.1) is 0 Å². The maximum Gasteiger partial charge on any atom is 0.259 e. The Balaban J connectivity index is 1.37. The molecule has 1 fully saturated rings. The van der Waals surface area contributed by atoms with Crippen LogP contribution in [0.15, 0.2) is 40.8 Å². The monoisotopic (exact) mass is 429 g/mol. The molecule has 4 heterocycles. The fourth-order valence-corrected chi connectivity index (χ4v) is 4.11. The standard InChI is InChI=1S/C20H23N5O4S/c1-28-10-11-29-18-16(3-2-4-21-18)19(27)24-7-5-23(6-8-24)14-15-13-17(26)25-9-12-30-20(25)22-15/h2-4,9,12-13H,5-8,10-11,14H2,1H3. The van der Waals surface area contributed by atoms with E-state index in [1.54, 1.807) is 42.1 Å². The van der Waals surface area contributed by atoms with E-state index in [0.29, 0.717) is 62.3 Å². The second-order valence-corrected chi connectivity index (χ2v) is 7.78. The van der Waals surface area contributed by atoms with Crippen LogP contribution in [0.2, 0.25) is 0 Å². The highest BCUT2D eigenvalue weighted by molar-refractivity contribution is 7.15. The highest BCUT2D eigenvalue weighted by Crippen LogP contribution is 2.18. The molecule has 9 nitrogen and oxygen atoms in total. The number of carbonyl (C=O) groups excluding carboxylic acids is 1. The summed E-state index contributed by atoms with van der Waals surface area (Å²) in [4.78, 5) is 38.6. The summed E-state index contributed by atoms with van der Waals surface area (Å²) in [5, 5.41) is 1.85. The van der Waals surface area contributed by atoms with Crippen LogP contribution in [0.25, 0.3) is 4.96 Å². The Kier molecular flexibility index (Phi) is 6.36. The van der Waals surface area contributed by atoms with Crippen LogP contribution in [0.5, 0.6) is 5.88 Å². The molecule has 4 rings (SSSR count). The van der Waals surface area contributed by atoms with E-state index >= 15 is 0 Å². The van der Waals surface area contributed by atoms with Gasteiger partial charge < -0.3 is 14.4 Å². The molecule has 0 saturated carbocycles. The predicted molar refractivity (Wildman–Crippen MR) is 112 cm³/mol.